The molecule has 2 aliphatic rings. The Morgan fingerprint density at radius 2 is 1.72 bits per heavy atom. The van der Waals surface area contributed by atoms with Crippen LogP contribution in [0.15, 0.2) is 24.8 Å². The van der Waals surface area contributed by atoms with Crippen LogP contribution in [0.5, 0.6) is 0 Å². The molecule has 9 nitrogen and oxygen atoms in total. The fraction of sp³-hybridized carbons (Fsp3) is 0.700. The van der Waals surface area contributed by atoms with Crippen LogP contribution in [0.3, 0.4) is 0 Å². The number of piperidine rings is 1. The van der Waals surface area contributed by atoms with Gasteiger partial charge in [-0.3, -0.25) is 24.0 Å². The van der Waals surface area contributed by atoms with E-state index in [4.69, 9.17) is 4.74 Å². The number of carbonyl (C=O) groups is 5. The van der Waals surface area contributed by atoms with Crippen molar-refractivity contribution < 1.29 is 28.7 Å². The van der Waals surface area contributed by atoms with Crippen molar-refractivity contribution >= 4 is 29.5 Å². The molecule has 5 atom stereocenters. The molecule has 2 rings (SSSR count). The van der Waals surface area contributed by atoms with Gasteiger partial charge in [0.15, 0.2) is 0 Å². The Kier molecular flexibility index (Phi) is 9.96. The zero-order valence-corrected chi connectivity index (χ0v) is 25.1. The van der Waals surface area contributed by atoms with Gasteiger partial charge in [0.2, 0.25) is 17.6 Å². The number of Topliss-reactive ketones (excluding diaryl/α,β-unsaturated/α-hetero) is 1. The first-order chi connectivity index (χ1) is 17.9. The van der Waals surface area contributed by atoms with Gasteiger partial charge in [-0.1, -0.05) is 52.8 Å². The summed E-state index contributed by atoms with van der Waals surface area (Å²) in [5, 5.41) is 5.23. The number of esters is 1. The van der Waals surface area contributed by atoms with Gasteiger partial charge in [0, 0.05) is 13.1 Å². The van der Waals surface area contributed by atoms with Gasteiger partial charge in [-0.25, -0.2) is 0 Å². The molecule has 0 radical (unpaired) electrons. The van der Waals surface area contributed by atoms with Gasteiger partial charge in [-0.15, -0.1) is 6.58 Å². The van der Waals surface area contributed by atoms with E-state index in [1.807, 2.05) is 20.8 Å². The number of nitrogens with zero attached hydrogens (tertiary/aromatic N) is 1. The van der Waals surface area contributed by atoms with E-state index >= 15 is 0 Å². The van der Waals surface area contributed by atoms with Crippen LogP contribution in [-0.4, -0.2) is 65.1 Å². The highest BCUT2D eigenvalue weighted by Gasteiger charge is 2.69. The third-order valence-corrected chi connectivity index (χ3v) is 7.77. The van der Waals surface area contributed by atoms with Crippen LogP contribution in [-0.2, 0) is 28.7 Å². The Morgan fingerprint density at radius 1 is 1.10 bits per heavy atom. The van der Waals surface area contributed by atoms with Crippen LogP contribution in [0.4, 0.5) is 0 Å². The highest BCUT2D eigenvalue weighted by molar-refractivity contribution is 6.38. The molecule has 1 aliphatic carbocycles. The van der Waals surface area contributed by atoms with Gasteiger partial charge in [0.05, 0.1) is 12.3 Å². The number of nitrogens with one attached hydrogen (secondary N) is 2. The topological polar surface area (TPSA) is 122 Å². The maximum Gasteiger partial charge on any atom is 0.307 e. The summed E-state index contributed by atoms with van der Waals surface area (Å²) in [6.45, 7) is 21.0. The first-order valence-corrected chi connectivity index (χ1v) is 13.7. The molecule has 1 unspecified atom stereocenters. The van der Waals surface area contributed by atoms with Crippen molar-refractivity contribution in [3.63, 3.8) is 0 Å². The third kappa shape index (κ3) is 7.79. The molecule has 39 heavy (non-hydrogen) atoms. The lowest BCUT2D eigenvalue weighted by Crippen LogP contribution is -2.56. The van der Waals surface area contributed by atoms with E-state index < -0.39 is 52.6 Å². The number of carbonyl (C=O) groups excluding carboxylic acids is 5. The van der Waals surface area contributed by atoms with Crippen LogP contribution in [0.25, 0.3) is 0 Å². The van der Waals surface area contributed by atoms with Crippen LogP contribution < -0.4 is 10.6 Å². The number of ketones is 1. The van der Waals surface area contributed by atoms with Crippen molar-refractivity contribution in [2.24, 2.45) is 28.6 Å². The van der Waals surface area contributed by atoms with Gasteiger partial charge in [0.25, 0.3) is 5.91 Å². The fourth-order valence-electron chi connectivity index (χ4n) is 5.50. The molecule has 1 saturated carbocycles. The van der Waals surface area contributed by atoms with Gasteiger partial charge >= 0.3 is 5.97 Å². The Balaban J connectivity index is 2.33. The molecule has 2 fully saturated rings. The second kappa shape index (κ2) is 12.0. The molecule has 2 N–H and O–H groups in total. The largest absolute Gasteiger partial charge is 0.460 e. The number of ether oxygens (including phenoxy) is 1. The Bertz CT molecular complexity index is 1020. The number of hydrogen-bond donors (Lipinski definition) is 2. The predicted molar refractivity (Wildman–Crippen MR) is 149 cm³/mol. The molecule has 0 bridgehead atoms. The minimum absolute atomic E-state index is 0.0874. The normalized spacial score (nSPS) is 23.4. The quantitative estimate of drug-likeness (QED) is 0.234. The molecule has 1 heterocycles. The first kappa shape index (κ1) is 32.2. The van der Waals surface area contributed by atoms with Crippen LogP contribution in [0.1, 0.15) is 75.2 Å². The second-order valence-electron chi connectivity index (χ2n) is 13.3. The molecule has 0 spiro atoms. The molecule has 9 heteroatoms. The summed E-state index contributed by atoms with van der Waals surface area (Å²) in [5.74, 6) is -3.45. The molecule has 0 aromatic heterocycles. The third-order valence-electron chi connectivity index (χ3n) is 7.77. The Labute approximate surface area is 233 Å². The van der Waals surface area contributed by atoms with Gasteiger partial charge in [-0.05, 0) is 56.8 Å². The lowest BCUT2D eigenvalue weighted by molar-refractivity contribution is -0.161. The Morgan fingerprint density at radius 3 is 2.23 bits per heavy atom. The molecular formula is C30H47N3O6. The first-order valence-electron chi connectivity index (χ1n) is 13.7. The number of hydrogen-bond acceptors (Lipinski definition) is 6. The van der Waals surface area contributed by atoms with Crippen molar-refractivity contribution in [3.8, 4) is 0 Å². The SMILES string of the molecule is C=CCNC(=O)C(=O)C(CC=CC)NC(=O)[C@@H]1[C@H]2[C@@H](CN1C(=O)[C@@H](CC(=O)OC(C)(C)C)C(C)(C)C)C2(C)C. The molecule has 218 valence electrons. The van der Waals surface area contributed by atoms with Gasteiger partial charge in [0.1, 0.15) is 17.7 Å². The van der Waals surface area contributed by atoms with Crippen molar-refractivity contribution in [3.05, 3.63) is 24.8 Å². The minimum Gasteiger partial charge on any atom is -0.460 e. The summed E-state index contributed by atoms with van der Waals surface area (Å²) in [7, 11) is 0. The number of rotatable bonds is 11. The van der Waals surface area contributed by atoms with Crippen LogP contribution in [0.2, 0.25) is 0 Å². The standard InChI is InChI=1S/C30H47N3O6/c1-11-13-14-20(24(35)26(37)31-15-12-2)32-25(36)23-22-19(30(22,9)10)17-33(23)27(38)18(28(3,4)5)16-21(34)39-29(6,7)8/h11-13,18-20,22-23H,2,14-17H2,1,3-10H3,(H,31,37)(H,32,36)/t18-,19-,20?,22-,23+/m1/s1. The molecular weight excluding hydrogens is 498 g/mol. The molecule has 3 amide bonds. The van der Waals surface area contributed by atoms with E-state index in [-0.39, 0.29) is 42.5 Å². The number of allylic oxidation sites excluding steroid dienone is 1. The average Bonchev–Trinajstić information content (AvgIpc) is 3.14. The summed E-state index contributed by atoms with van der Waals surface area (Å²) >= 11 is 0. The summed E-state index contributed by atoms with van der Waals surface area (Å²) in [6.07, 6.45) is 4.95. The number of likely N-dealkylation sites (tertiary alicyclic amines) is 1. The fourth-order valence-corrected chi connectivity index (χ4v) is 5.50. The molecule has 1 saturated heterocycles. The van der Waals surface area contributed by atoms with E-state index in [2.05, 4.69) is 31.1 Å². The average molecular weight is 546 g/mol. The van der Waals surface area contributed by atoms with Crippen molar-refractivity contribution in [1.82, 2.24) is 15.5 Å². The Hall–Kier alpha value is -2.97. The maximum atomic E-state index is 14.0. The van der Waals surface area contributed by atoms with E-state index in [0.717, 1.165) is 0 Å². The van der Waals surface area contributed by atoms with Gasteiger partial charge in [-0.2, -0.15) is 0 Å². The van der Waals surface area contributed by atoms with E-state index in [9.17, 15) is 24.0 Å². The van der Waals surface area contributed by atoms with Gasteiger partial charge < -0.3 is 20.3 Å². The lowest BCUT2D eigenvalue weighted by atomic mass is 9.77. The van der Waals surface area contributed by atoms with Crippen molar-refractivity contribution in [2.45, 2.75) is 92.8 Å². The molecule has 0 aromatic rings. The summed E-state index contributed by atoms with van der Waals surface area (Å²) in [5.41, 5.74) is -1.40. The van der Waals surface area contributed by atoms with E-state index in [0.29, 0.717) is 6.54 Å². The van der Waals surface area contributed by atoms with Crippen molar-refractivity contribution in [1.29, 1.82) is 0 Å². The zero-order valence-electron chi connectivity index (χ0n) is 25.1. The monoisotopic (exact) mass is 545 g/mol. The summed E-state index contributed by atoms with van der Waals surface area (Å²) < 4.78 is 5.50. The highest BCUT2D eigenvalue weighted by Crippen LogP contribution is 2.65. The molecule has 0 aromatic carbocycles. The smallest absolute Gasteiger partial charge is 0.307 e. The lowest BCUT2D eigenvalue weighted by Gasteiger charge is -2.37. The van der Waals surface area contributed by atoms with Crippen molar-refractivity contribution in [2.75, 3.05) is 13.1 Å². The predicted octanol–water partition coefficient (Wildman–Crippen LogP) is 3.19. The summed E-state index contributed by atoms with van der Waals surface area (Å²) in [6, 6.07) is -1.88. The highest BCUT2D eigenvalue weighted by atomic mass is 16.6. The minimum atomic E-state index is -1.07. The zero-order chi connectivity index (χ0) is 29.9. The molecule has 1 aliphatic heterocycles. The van der Waals surface area contributed by atoms with Crippen LogP contribution in [0, 0.1) is 28.6 Å². The van der Waals surface area contributed by atoms with E-state index in [1.54, 1.807) is 44.7 Å². The number of amides is 3. The summed E-state index contributed by atoms with van der Waals surface area (Å²) in [4.78, 5) is 67.3. The van der Waals surface area contributed by atoms with Crippen LogP contribution >= 0.6 is 0 Å². The maximum absolute atomic E-state index is 14.0. The second-order valence-corrected chi connectivity index (χ2v) is 13.3. The number of fused-ring (bicyclic) bond motifs is 1. The van der Waals surface area contributed by atoms with E-state index in [1.165, 1.54) is 6.08 Å².